The summed E-state index contributed by atoms with van der Waals surface area (Å²) in [5.41, 5.74) is 1.22. The fourth-order valence-corrected chi connectivity index (χ4v) is 1.66. The number of rotatable bonds is 7. The standard InChI is InChI=1S/C14H20O3/c1-11-5-7-13(8-6-11)17-9-3-4-12(2)10-14(15)16/h5-8,12H,3-4,9-10H2,1-2H3,(H,15,16). The van der Waals surface area contributed by atoms with Crippen LogP contribution in [0.4, 0.5) is 0 Å². The second-order valence-corrected chi connectivity index (χ2v) is 4.51. The Hall–Kier alpha value is -1.51. The molecule has 1 aromatic carbocycles. The molecule has 0 aliphatic carbocycles. The Kier molecular flexibility index (Phi) is 5.53. The van der Waals surface area contributed by atoms with E-state index in [1.807, 2.05) is 38.1 Å². The molecule has 1 aromatic rings. The van der Waals surface area contributed by atoms with Gasteiger partial charge in [-0.3, -0.25) is 4.79 Å². The molecule has 0 heterocycles. The van der Waals surface area contributed by atoms with Gasteiger partial charge in [0.05, 0.1) is 6.61 Å². The van der Waals surface area contributed by atoms with Crippen LogP contribution in [0, 0.1) is 12.8 Å². The van der Waals surface area contributed by atoms with E-state index in [4.69, 9.17) is 9.84 Å². The minimum atomic E-state index is -0.725. The van der Waals surface area contributed by atoms with E-state index in [1.165, 1.54) is 5.56 Å². The first-order chi connectivity index (χ1) is 8.08. The van der Waals surface area contributed by atoms with Crippen molar-refractivity contribution >= 4 is 5.97 Å². The maximum Gasteiger partial charge on any atom is 0.303 e. The molecule has 3 heteroatoms. The number of aryl methyl sites for hydroxylation is 1. The Balaban J connectivity index is 2.15. The zero-order valence-electron chi connectivity index (χ0n) is 10.5. The summed E-state index contributed by atoms with van der Waals surface area (Å²) in [6.45, 7) is 4.64. The summed E-state index contributed by atoms with van der Waals surface area (Å²) >= 11 is 0. The molecule has 0 bridgehead atoms. The summed E-state index contributed by atoms with van der Waals surface area (Å²) < 4.78 is 5.57. The normalized spacial score (nSPS) is 12.1. The third-order valence-electron chi connectivity index (χ3n) is 2.65. The van der Waals surface area contributed by atoms with Gasteiger partial charge in [0.2, 0.25) is 0 Å². The zero-order chi connectivity index (χ0) is 12.7. The van der Waals surface area contributed by atoms with Crippen molar-refractivity contribution in [2.24, 2.45) is 5.92 Å². The highest BCUT2D eigenvalue weighted by Crippen LogP contribution is 2.14. The lowest BCUT2D eigenvalue weighted by Gasteiger charge is -2.09. The van der Waals surface area contributed by atoms with E-state index >= 15 is 0 Å². The van der Waals surface area contributed by atoms with Gasteiger partial charge in [0.1, 0.15) is 5.75 Å². The molecule has 1 rings (SSSR count). The molecule has 0 aliphatic rings. The molecule has 1 atom stereocenters. The van der Waals surface area contributed by atoms with E-state index in [1.54, 1.807) is 0 Å². The third-order valence-corrected chi connectivity index (χ3v) is 2.65. The van der Waals surface area contributed by atoms with Gasteiger partial charge in [-0.25, -0.2) is 0 Å². The highest BCUT2D eigenvalue weighted by molar-refractivity contribution is 5.66. The Morgan fingerprint density at radius 1 is 1.35 bits per heavy atom. The molecule has 94 valence electrons. The molecule has 0 saturated carbocycles. The monoisotopic (exact) mass is 236 g/mol. The quantitative estimate of drug-likeness (QED) is 0.739. The van der Waals surface area contributed by atoms with Crippen molar-refractivity contribution in [3.63, 3.8) is 0 Å². The molecule has 1 unspecified atom stereocenters. The van der Waals surface area contributed by atoms with Crippen molar-refractivity contribution in [3.05, 3.63) is 29.8 Å². The van der Waals surface area contributed by atoms with Crippen LogP contribution in [0.2, 0.25) is 0 Å². The number of carbonyl (C=O) groups is 1. The largest absolute Gasteiger partial charge is 0.494 e. The summed E-state index contributed by atoms with van der Waals surface area (Å²) in [6, 6.07) is 7.94. The minimum Gasteiger partial charge on any atom is -0.494 e. The second kappa shape index (κ2) is 6.94. The van der Waals surface area contributed by atoms with Crippen LogP contribution < -0.4 is 4.74 Å². The molecule has 0 amide bonds. The van der Waals surface area contributed by atoms with Crippen molar-refractivity contribution in [3.8, 4) is 5.75 Å². The molecule has 0 spiro atoms. The van der Waals surface area contributed by atoms with Gasteiger partial charge in [-0.15, -0.1) is 0 Å². The predicted octanol–water partition coefficient (Wildman–Crippen LogP) is 3.26. The average Bonchev–Trinajstić information content (AvgIpc) is 2.26. The van der Waals surface area contributed by atoms with Gasteiger partial charge in [0.25, 0.3) is 0 Å². The maximum absolute atomic E-state index is 10.5. The SMILES string of the molecule is Cc1ccc(OCCCC(C)CC(=O)O)cc1. The Morgan fingerprint density at radius 2 is 2.00 bits per heavy atom. The summed E-state index contributed by atoms with van der Waals surface area (Å²) in [5.74, 6) is 0.368. The highest BCUT2D eigenvalue weighted by Gasteiger charge is 2.06. The number of hydrogen-bond acceptors (Lipinski definition) is 2. The van der Waals surface area contributed by atoms with Crippen LogP contribution in [0.15, 0.2) is 24.3 Å². The van der Waals surface area contributed by atoms with Gasteiger partial charge >= 0.3 is 5.97 Å². The summed E-state index contributed by atoms with van der Waals surface area (Å²) in [7, 11) is 0. The van der Waals surface area contributed by atoms with E-state index in [-0.39, 0.29) is 12.3 Å². The molecule has 0 aliphatic heterocycles. The van der Waals surface area contributed by atoms with Gasteiger partial charge in [-0.05, 0) is 37.8 Å². The summed E-state index contributed by atoms with van der Waals surface area (Å²) in [6.07, 6.45) is 2.02. The van der Waals surface area contributed by atoms with E-state index in [0.717, 1.165) is 18.6 Å². The van der Waals surface area contributed by atoms with Crippen molar-refractivity contribution in [1.82, 2.24) is 0 Å². The number of aliphatic carboxylic acids is 1. The first kappa shape index (κ1) is 13.6. The average molecular weight is 236 g/mol. The number of hydrogen-bond donors (Lipinski definition) is 1. The zero-order valence-corrected chi connectivity index (χ0v) is 10.5. The van der Waals surface area contributed by atoms with Crippen molar-refractivity contribution in [2.75, 3.05) is 6.61 Å². The third kappa shape index (κ3) is 5.95. The molecule has 1 N–H and O–H groups in total. The molecular weight excluding hydrogens is 216 g/mol. The van der Waals surface area contributed by atoms with Crippen molar-refractivity contribution in [1.29, 1.82) is 0 Å². The first-order valence-corrected chi connectivity index (χ1v) is 5.99. The molecule has 17 heavy (non-hydrogen) atoms. The Bertz CT molecular complexity index is 343. The van der Waals surface area contributed by atoms with E-state index in [0.29, 0.717) is 6.61 Å². The predicted molar refractivity (Wildman–Crippen MR) is 67.3 cm³/mol. The fraction of sp³-hybridized carbons (Fsp3) is 0.500. The van der Waals surface area contributed by atoms with Gasteiger partial charge < -0.3 is 9.84 Å². The smallest absolute Gasteiger partial charge is 0.303 e. The first-order valence-electron chi connectivity index (χ1n) is 5.99. The van der Waals surface area contributed by atoms with E-state index in [2.05, 4.69) is 0 Å². The van der Waals surface area contributed by atoms with Crippen LogP contribution in [0.25, 0.3) is 0 Å². The second-order valence-electron chi connectivity index (χ2n) is 4.51. The van der Waals surface area contributed by atoms with Gasteiger partial charge in [0, 0.05) is 6.42 Å². The minimum absolute atomic E-state index is 0.217. The molecule has 3 nitrogen and oxygen atoms in total. The molecule has 0 aromatic heterocycles. The van der Waals surface area contributed by atoms with Crippen LogP contribution in [0.1, 0.15) is 31.7 Å². The van der Waals surface area contributed by atoms with Crippen molar-refractivity contribution in [2.45, 2.75) is 33.1 Å². The Morgan fingerprint density at radius 3 is 2.59 bits per heavy atom. The van der Waals surface area contributed by atoms with Crippen LogP contribution in [0.5, 0.6) is 5.75 Å². The van der Waals surface area contributed by atoms with Crippen LogP contribution >= 0.6 is 0 Å². The van der Waals surface area contributed by atoms with Gasteiger partial charge in [0.15, 0.2) is 0 Å². The molecule has 0 saturated heterocycles. The number of ether oxygens (including phenoxy) is 1. The lowest BCUT2D eigenvalue weighted by Crippen LogP contribution is -2.06. The Labute approximate surface area is 102 Å². The highest BCUT2D eigenvalue weighted by atomic mass is 16.5. The van der Waals surface area contributed by atoms with Crippen LogP contribution in [-0.4, -0.2) is 17.7 Å². The van der Waals surface area contributed by atoms with Crippen molar-refractivity contribution < 1.29 is 14.6 Å². The number of carboxylic acid groups (broad SMARTS) is 1. The van der Waals surface area contributed by atoms with Gasteiger partial charge in [-0.2, -0.15) is 0 Å². The number of carboxylic acids is 1. The lowest BCUT2D eigenvalue weighted by atomic mass is 10.0. The summed E-state index contributed by atoms with van der Waals surface area (Å²) in [4.78, 5) is 10.5. The fourth-order valence-electron chi connectivity index (χ4n) is 1.66. The number of benzene rings is 1. The molecule has 0 radical (unpaired) electrons. The summed E-state index contributed by atoms with van der Waals surface area (Å²) in [5, 5.41) is 8.61. The maximum atomic E-state index is 10.5. The van der Waals surface area contributed by atoms with E-state index in [9.17, 15) is 4.79 Å². The van der Waals surface area contributed by atoms with Gasteiger partial charge in [-0.1, -0.05) is 24.6 Å². The topological polar surface area (TPSA) is 46.5 Å². The lowest BCUT2D eigenvalue weighted by molar-refractivity contribution is -0.138. The van der Waals surface area contributed by atoms with Crippen LogP contribution in [0.3, 0.4) is 0 Å². The molecule has 0 fully saturated rings. The van der Waals surface area contributed by atoms with E-state index < -0.39 is 5.97 Å². The molecular formula is C14H20O3. The van der Waals surface area contributed by atoms with Crippen LogP contribution in [-0.2, 0) is 4.79 Å².